The topological polar surface area (TPSA) is 48.0 Å². The van der Waals surface area contributed by atoms with Gasteiger partial charge in [0.25, 0.3) is 5.91 Å². The summed E-state index contributed by atoms with van der Waals surface area (Å²) in [5.41, 5.74) is 1.86. The van der Waals surface area contributed by atoms with E-state index in [1.165, 1.54) is 5.56 Å². The van der Waals surface area contributed by atoms with E-state index in [-0.39, 0.29) is 5.91 Å². The SMILES string of the molecule is COCCN(CCCc1ccccc1)C(=O)c1cc(Br)c2c(c1)OCCO2. The van der Waals surface area contributed by atoms with Gasteiger partial charge >= 0.3 is 0 Å². The number of rotatable bonds is 8. The van der Waals surface area contributed by atoms with E-state index in [2.05, 4.69) is 28.1 Å². The summed E-state index contributed by atoms with van der Waals surface area (Å²) >= 11 is 3.49. The van der Waals surface area contributed by atoms with Crippen LogP contribution in [0.3, 0.4) is 0 Å². The molecule has 6 heteroatoms. The Hall–Kier alpha value is -2.05. The maximum atomic E-state index is 13.1. The maximum absolute atomic E-state index is 13.1. The van der Waals surface area contributed by atoms with Crippen molar-refractivity contribution in [3.63, 3.8) is 0 Å². The molecule has 0 aliphatic carbocycles. The fraction of sp³-hybridized carbons (Fsp3) is 0.381. The molecule has 0 spiro atoms. The number of hydrogen-bond acceptors (Lipinski definition) is 4. The van der Waals surface area contributed by atoms with E-state index in [4.69, 9.17) is 14.2 Å². The van der Waals surface area contributed by atoms with E-state index in [9.17, 15) is 4.79 Å². The monoisotopic (exact) mass is 433 g/mol. The summed E-state index contributed by atoms with van der Waals surface area (Å²) in [5.74, 6) is 1.23. The predicted octanol–water partition coefficient (Wildman–Crippen LogP) is 3.94. The molecule has 1 aliphatic rings. The quantitative estimate of drug-likeness (QED) is 0.632. The first-order valence-electron chi connectivity index (χ1n) is 9.10. The Balaban J connectivity index is 1.70. The average Bonchev–Trinajstić information content (AvgIpc) is 2.71. The second-order valence-corrected chi connectivity index (χ2v) is 7.21. The van der Waals surface area contributed by atoms with Gasteiger partial charge in [-0.1, -0.05) is 30.3 Å². The van der Waals surface area contributed by atoms with Crippen LogP contribution in [0.25, 0.3) is 0 Å². The number of benzene rings is 2. The van der Waals surface area contributed by atoms with Crippen LogP contribution in [0, 0.1) is 0 Å². The Morgan fingerprint density at radius 3 is 2.70 bits per heavy atom. The fourth-order valence-corrected chi connectivity index (χ4v) is 3.61. The first-order valence-corrected chi connectivity index (χ1v) is 9.89. The van der Waals surface area contributed by atoms with Gasteiger partial charge in [0.2, 0.25) is 0 Å². The number of carbonyl (C=O) groups excluding carboxylic acids is 1. The largest absolute Gasteiger partial charge is 0.486 e. The molecular formula is C21H24BrNO4. The molecule has 2 aromatic carbocycles. The third kappa shape index (κ3) is 5.23. The minimum absolute atomic E-state index is 0.0298. The molecule has 1 aliphatic heterocycles. The molecule has 0 unspecified atom stereocenters. The van der Waals surface area contributed by atoms with Crippen LogP contribution in [0.5, 0.6) is 11.5 Å². The molecule has 144 valence electrons. The number of methoxy groups -OCH3 is 1. The van der Waals surface area contributed by atoms with Crippen molar-refractivity contribution in [1.29, 1.82) is 0 Å². The highest BCUT2D eigenvalue weighted by atomic mass is 79.9. The van der Waals surface area contributed by atoms with Crippen LogP contribution in [0.4, 0.5) is 0 Å². The number of nitrogens with zero attached hydrogens (tertiary/aromatic N) is 1. The van der Waals surface area contributed by atoms with E-state index in [1.54, 1.807) is 19.2 Å². The lowest BCUT2D eigenvalue weighted by Gasteiger charge is -2.24. The molecule has 0 saturated carbocycles. The third-order valence-corrected chi connectivity index (χ3v) is 5.02. The standard InChI is InChI=1S/C21H24BrNO4/c1-25-11-10-23(9-5-8-16-6-3-2-4-7-16)21(24)17-14-18(22)20-19(15-17)26-12-13-27-20/h2-4,6-7,14-15H,5,8-13H2,1H3. The highest BCUT2D eigenvalue weighted by Gasteiger charge is 2.22. The molecule has 0 atom stereocenters. The summed E-state index contributed by atoms with van der Waals surface area (Å²) < 4.78 is 17.2. The Morgan fingerprint density at radius 2 is 1.93 bits per heavy atom. The number of fused-ring (bicyclic) bond motifs is 1. The molecule has 0 aromatic heterocycles. The summed E-state index contributed by atoms with van der Waals surface area (Å²) in [5, 5.41) is 0. The lowest BCUT2D eigenvalue weighted by Crippen LogP contribution is -2.35. The maximum Gasteiger partial charge on any atom is 0.254 e. The smallest absolute Gasteiger partial charge is 0.254 e. The summed E-state index contributed by atoms with van der Waals surface area (Å²) in [6.45, 7) is 2.72. The van der Waals surface area contributed by atoms with E-state index in [1.807, 2.05) is 23.1 Å². The summed E-state index contributed by atoms with van der Waals surface area (Å²) in [7, 11) is 1.65. The van der Waals surface area contributed by atoms with Crippen LogP contribution in [0.2, 0.25) is 0 Å². The van der Waals surface area contributed by atoms with Gasteiger partial charge in [0.1, 0.15) is 13.2 Å². The number of carbonyl (C=O) groups is 1. The van der Waals surface area contributed by atoms with Crippen LogP contribution < -0.4 is 9.47 Å². The van der Waals surface area contributed by atoms with Crippen molar-refractivity contribution in [2.75, 3.05) is 40.0 Å². The summed E-state index contributed by atoms with van der Waals surface area (Å²) in [6, 6.07) is 13.9. The van der Waals surface area contributed by atoms with Gasteiger partial charge in [-0.05, 0) is 46.5 Å². The fourth-order valence-electron chi connectivity index (χ4n) is 3.05. The minimum Gasteiger partial charge on any atom is -0.486 e. The highest BCUT2D eigenvalue weighted by molar-refractivity contribution is 9.10. The van der Waals surface area contributed by atoms with Crippen molar-refractivity contribution in [3.8, 4) is 11.5 Å². The van der Waals surface area contributed by atoms with E-state index < -0.39 is 0 Å². The predicted molar refractivity (Wildman–Crippen MR) is 108 cm³/mol. The number of aryl methyl sites for hydroxylation is 1. The third-order valence-electron chi connectivity index (χ3n) is 4.43. The van der Waals surface area contributed by atoms with Gasteiger partial charge in [-0.2, -0.15) is 0 Å². The molecule has 3 rings (SSSR count). The summed E-state index contributed by atoms with van der Waals surface area (Å²) in [6.07, 6.45) is 1.83. The van der Waals surface area contributed by atoms with Crippen molar-refractivity contribution in [2.24, 2.45) is 0 Å². The van der Waals surface area contributed by atoms with Gasteiger partial charge in [0, 0.05) is 25.8 Å². The van der Waals surface area contributed by atoms with Gasteiger partial charge < -0.3 is 19.1 Å². The second-order valence-electron chi connectivity index (χ2n) is 6.36. The molecule has 0 N–H and O–H groups in total. The van der Waals surface area contributed by atoms with E-state index >= 15 is 0 Å². The molecule has 5 nitrogen and oxygen atoms in total. The zero-order valence-corrected chi connectivity index (χ0v) is 17.0. The van der Waals surface area contributed by atoms with Gasteiger partial charge in [0.05, 0.1) is 11.1 Å². The molecule has 27 heavy (non-hydrogen) atoms. The van der Waals surface area contributed by atoms with Crippen LogP contribution in [0.1, 0.15) is 22.3 Å². The van der Waals surface area contributed by atoms with Gasteiger partial charge in [0.15, 0.2) is 11.5 Å². The first-order chi connectivity index (χ1) is 13.2. The number of halogens is 1. The van der Waals surface area contributed by atoms with Gasteiger partial charge in [-0.25, -0.2) is 0 Å². The van der Waals surface area contributed by atoms with Crippen LogP contribution in [-0.2, 0) is 11.2 Å². The zero-order valence-electron chi connectivity index (χ0n) is 15.4. The Bertz CT molecular complexity index is 766. The number of amides is 1. The molecule has 0 bridgehead atoms. The molecular weight excluding hydrogens is 410 g/mol. The molecule has 1 heterocycles. The molecule has 2 aromatic rings. The average molecular weight is 434 g/mol. The lowest BCUT2D eigenvalue weighted by atomic mass is 10.1. The number of hydrogen-bond donors (Lipinski definition) is 0. The lowest BCUT2D eigenvalue weighted by molar-refractivity contribution is 0.0692. The summed E-state index contributed by atoms with van der Waals surface area (Å²) in [4.78, 5) is 14.9. The Labute approximate surface area is 168 Å². The van der Waals surface area contributed by atoms with Crippen LogP contribution in [-0.4, -0.2) is 50.8 Å². The molecule has 0 saturated heterocycles. The van der Waals surface area contributed by atoms with Crippen LogP contribution in [0.15, 0.2) is 46.9 Å². The Morgan fingerprint density at radius 1 is 1.15 bits per heavy atom. The minimum atomic E-state index is -0.0298. The Kier molecular flexibility index (Phi) is 7.12. The molecule has 1 amide bonds. The van der Waals surface area contributed by atoms with Gasteiger partial charge in [-0.3, -0.25) is 4.79 Å². The van der Waals surface area contributed by atoms with Crippen molar-refractivity contribution >= 4 is 21.8 Å². The zero-order chi connectivity index (χ0) is 19.1. The van der Waals surface area contributed by atoms with E-state index in [0.717, 1.165) is 17.3 Å². The first kappa shape index (κ1) is 19.7. The molecule has 0 fully saturated rings. The van der Waals surface area contributed by atoms with Crippen molar-refractivity contribution < 1.29 is 19.0 Å². The van der Waals surface area contributed by atoms with Crippen molar-refractivity contribution in [1.82, 2.24) is 4.90 Å². The second kappa shape index (κ2) is 9.76. The van der Waals surface area contributed by atoms with Gasteiger partial charge in [-0.15, -0.1) is 0 Å². The van der Waals surface area contributed by atoms with Crippen LogP contribution >= 0.6 is 15.9 Å². The highest BCUT2D eigenvalue weighted by Crippen LogP contribution is 2.38. The normalized spacial score (nSPS) is 12.7. The number of ether oxygens (including phenoxy) is 3. The van der Waals surface area contributed by atoms with Crippen molar-refractivity contribution in [2.45, 2.75) is 12.8 Å². The van der Waals surface area contributed by atoms with Crippen molar-refractivity contribution in [3.05, 3.63) is 58.1 Å². The van der Waals surface area contributed by atoms with E-state index in [0.29, 0.717) is 50.0 Å². The molecule has 0 radical (unpaired) electrons.